The van der Waals surface area contributed by atoms with E-state index in [0.29, 0.717) is 17.4 Å². The topological polar surface area (TPSA) is 46.5 Å². The van der Waals surface area contributed by atoms with Gasteiger partial charge in [-0.05, 0) is 85.5 Å². The molecule has 0 spiro atoms. The molecule has 0 saturated heterocycles. The molecule has 0 bridgehead atoms. The molecule has 1 aromatic carbocycles. The summed E-state index contributed by atoms with van der Waals surface area (Å²) < 4.78 is 4.86. The molecule has 0 aromatic heterocycles. The van der Waals surface area contributed by atoms with E-state index in [-0.39, 0.29) is 22.5 Å². The fourth-order valence-corrected chi connectivity index (χ4v) is 5.69. The second-order valence-electron chi connectivity index (χ2n) is 8.86. The number of phenols is 1. The molecule has 4 atom stereocenters. The van der Waals surface area contributed by atoms with Crippen molar-refractivity contribution in [1.82, 2.24) is 0 Å². The van der Waals surface area contributed by atoms with Crippen molar-refractivity contribution in [3.63, 3.8) is 0 Å². The van der Waals surface area contributed by atoms with Gasteiger partial charge in [0.05, 0.1) is 12.7 Å². The lowest BCUT2D eigenvalue weighted by Gasteiger charge is -2.60. The lowest BCUT2D eigenvalue weighted by molar-refractivity contribution is -0.0758. The Morgan fingerprint density at radius 3 is 2.73 bits per heavy atom. The average Bonchev–Trinajstić information content (AvgIpc) is 2.61. The third-order valence-corrected chi connectivity index (χ3v) is 7.79. The normalized spacial score (nSPS) is 34.0. The maximum atomic E-state index is 11.9. The molecule has 1 saturated carbocycles. The Kier molecular flexibility index (Phi) is 4.94. The van der Waals surface area contributed by atoms with Crippen LogP contribution in [-0.2, 0) is 11.2 Å². The molecular weight excluding hydrogens is 324 g/mol. The van der Waals surface area contributed by atoms with Crippen LogP contribution >= 0.6 is 0 Å². The molecule has 3 nitrogen and oxygen atoms in total. The molecule has 0 radical (unpaired) electrons. The van der Waals surface area contributed by atoms with Crippen LogP contribution < -0.4 is 0 Å². The van der Waals surface area contributed by atoms with Gasteiger partial charge in [-0.15, -0.1) is 0 Å². The number of benzene rings is 1. The number of ether oxygens (including phenoxy) is 1. The van der Waals surface area contributed by atoms with Crippen molar-refractivity contribution >= 4 is 5.97 Å². The van der Waals surface area contributed by atoms with Gasteiger partial charge in [-0.3, -0.25) is 0 Å². The van der Waals surface area contributed by atoms with E-state index in [1.54, 1.807) is 12.1 Å². The van der Waals surface area contributed by atoms with Gasteiger partial charge < -0.3 is 9.84 Å². The largest absolute Gasteiger partial charge is 0.508 e. The Morgan fingerprint density at radius 2 is 2.04 bits per heavy atom. The first-order valence-electron chi connectivity index (χ1n) is 9.80. The first-order valence-corrected chi connectivity index (χ1v) is 9.80. The molecule has 0 heterocycles. The van der Waals surface area contributed by atoms with Crippen LogP contribution in [0.15, 0.2) is 29.8 Å². The Bertz CT molecular complexity index is 735. The van der Waals surface area contributed by atoms with Gasteiger partial charge >= 0.3 is 5.97 Å². The molecule has 142 valence electrons. The van der Waals surface area contributed by atoms with Gasteiger partial charge in [0.2, 0.25) is 0 Å². The number of allylic oxidation sites excluding steroid dienone is 2. The van der Waals surface area contributed by atoms with Gasteiger partial charge in [-0.25, -0.2) is 4.79 Å². The number of rotatable bonds is 3. The first kappa shape index (κ1) is 19.0. The van der Waals surface area contributed by atoms with E-state index < -0.39 is 0 Å². The van der Waals surface area contributed by atoms with Gasteiger partial charge in [-0.2, -0.15) is 0 Å². The summed E-state index contributed by atoms with van der Waals surface area (Å²) in [4.78, 5) is 11.9. The molecule has 0 aliphatic heterocycles. The van der Waals surface area contributed by atoms with Crippen LogP contribution in [0.2, 0.25) is 0 Å². The number of fused-ring (bicyclic) bond motifs is 1. The summed E-state index contributed by atoms with van der Waals surface area (Å²) >= 11 is 0. The van der Waals surface area contributed by atoms with E-state index in [4.69, 9.17) is 4.74 Å². The Morgan fingerprint density at radius 1 is 1.31 bits per heavy atom. The van der Waals surface area contributed by atoms with Gasteiger partial charge in [-0.1, -0.05) is 32.4 Å². The van der Waals surface area contributed by atoms with Crippen molar-refractivity contribution in [3.05, 3.63) is 41.0 Å². The fraction of sp³-hybridized carbons (Fsp3) is 0.609. The smallest absolute Gasteiger partial charge is 0.337 e. The minimum Gasteiger partial charge on any atom is -0.508 e. The van der Waals surface area contributed by atoms with Gasteiger partial charge in [0.1, 0.15) is 5.75 Å². The molecule has 3 heteroatoms. The highest BCUT2D eigenvalue weighted by Crippen LogP contribution is 2.63. The summed E-state index contributed by atoms with van der Waals surface area (Å²) in [7, 11) is 1.39. The fourth-order valence-electron chi connectivity index (χ4n) is 5.69. The maximum absolute atomic E-state index is 11.9. The van der Waals surface area contributed by atoms with Crippen LogP contribution in [0, 0.1) is 22.7 Å². The quantitative estimate of drug-likeness (QED) is 0.573. The third-order valence-electron chi connectivity index (χ3n) is 7.79. The summed E-state index contributed by atoms with van der Waals surface area (Å²) in [6, 6.07) is 5.08. The number of hydrogen-bond donors (Lipinski definition) is 1. The van der Waals surface area contributed by atoms with E-state index >= 15 is 0 Å². The van der Waals surface area contributed by atoms with Crippen molar-refractivity contribution < 1.29 is 14.6 Å². The van der Waals surface area contributed by atoms with Crippen LogP contribution in [0.5, 0.6) is 5.75 Å². The maximum Gasteiger partial charge on any atom is 0.337 e. The molecule has 0 amide bonds. The lowest BCUT2D eigenvalue weighted by atomic mass is 9.44. The van der Waals surface area contributed by atoms with Crippen LogP contribution in [-0.4, -0.2) is 18.2 Å². The Hall–Kier alpha value is -1.77. The number of aromatic hydroxyl groups is 1. The van der Waals surface area contributed by atoms with E-state index in [1.165, 1.54) is 31.9 Å². The van der Waals surface area contributed by atoms with Crippen molar-refractivity contribution in [2.75, 3.05) is 7.11 Å². The Balaban J connectivity index is 2.01. The molecular formula is C23H32O3. The minimum absolute atomic E-state index is 0.0671. The SMILES string of the molecule is COC(=O)c1ccc(O)c(CC2(C)C(C)CCC3C(C)=CCCC32C)c1. The molecule has 2 aliphatic rings. The second kappa shape index (κ2) is 6.75. The number of methoxy groups -OCH3 is 1. The zero-order valence-electron chi connectivity index (χ0n) is 16.8. The van der Waals surface area contributed by atoms with Crippen LogP contribution in [0.1, 0.15) is 69.3 Å². The second-order valence-corrected chi connectivity index (χ2v) is 8.86. The number of carbonyl (C=O) groups is 1. The highest BCUT2D eigenvalue weighted by Gasteiger charge is 2.55. The summed E-state index contributed by atoms with van der Waals surface area (Å²) in [5, 5.41) is 10.5. The summed E-state index contributed by atoms with van der Waals surface area (Å²) in [6.07, 6.45) is 7.98. The predicted octanol–water partition coefficient (Wildman–Crippen LogP) is 5.52. The number of carbonyl (C=O) groups excluding carboxylic acids is 1. The van der Waals surface area contributed by atoms with E-state index in [1.807, 2.05) is 6.07 Å². The predicted molar refractivity (Wildman–Crippen MR) is 104 cm³/mol. The highest BCUT2D eigenvalue weighted by atomic mass is 16.5. The highest BCUT2D eigenvalue weighted by molar-refractivity contribution is 5.89. The standard InChI is InChI=1S/C23H32O3/c1-15-7-6-12-22(3)19(15)10-8-16(2)23(22,4)14-18-13-17(21(25)26-5)9-11-20(18)24/h7,9,11,13,16,19,24H,6,8,10,12,14H2,1-5H3. The molecule has 1 fully saturated rings. The van der Waals surface area contributed by atoms with Gasteiger partial charge in [0.25, 0.3) is 0 Å². The number of hydrogen-bond acceptors (Lipinski definition) is 3. The monoisotopic (exact) mass is 356 g/mol. The molecule has 2 aliphatic carbocycles. The molecule has 1 aromatic rings. The van der Waals surface area contributed by atoms with Gasteiger partial charge in [0.15, 0.2) is 0 Å². The van der Waals surface area contributed by atoms with E-state index in [9.17, 15) is 9.90 Å². The van der Waals surface area contributed by atoms with E-state index in [0.717, 1.165) is 18.4 Å². The Labute approximate surface area is 157 Å². The summed E-state index contributed by atoms with van der Waals surface area (Å²) in [5.41, 5.74) is 3.17. The van der Waals surface area contributed by atoms with Crippen molar-refractivity contribution in [1.29, 1.82) is 0 Å². The van der Waals surface area contributed by atoms with Crippen molar-refractivity contribution in [2.24, 2.45) is 22.7 Å². The first-order chi connectivity index (χ1) is 12.2. The third kappa shape index (κ3) is 2.86. The molecule has 1 N–H and O–H groups in total. The average molecular weight is 357 g/mol. The van der Waals surface area contributed by atoms with Crippen LogP contribution in [0.25, 0.3) is 0 Å². The van der Waals surface area contributed by atoms with E-state index in [2.05, 4.69) is 33.8 Å². The zero-order chi connectivity index (χ0) is 19.1. The number of phenolic OH excluding ortho intramolecular Hbond substituents is 1. The van der Waals surface area contributed by atoms with Crippen molar-refractivity contribution in [3.8, 4) is 5.75 Å². The van der Waals surface area contributed by atoms with Crippen molar-refractivity contribution in [2.45, 2.75) is 59.8 Å². The van der Waals surface area contributed by atoms with Gasteiger partial charge in [0, 0.05) is 0 Å². The van der Waals surface area contributed by atoms with Crippen LogP contribution in [0.4, 0.5) is 0 Å². The number of esters is 1. The molecule has 3 rings (SSSR count). The summed E-state index contributed by atoms with van der Waals surface area (Å²) in [6.45, 7) is 9.49. The molecule has 4 unspecified atom stereocenters. The molecule has 26 heavy (non-hydrogen) atoms. The lowest BCUT2D eigenvalue weighted by Crippen LogP contribution is -2.53. The summed E-state index contributed by atoms with van der Waals surface area (Å²) in [5.74, 6) is 1.10. The van der Waals surface area contributed by atoms with Crippen LogP contribution in [0.3, 0.4) is 0 Å². The minimum atomic E-state index is -0.353. The zero-order valence-corrected chi connectivity index (χ0v) is 16.8.